The Hall–Kier alpha value is -2.81. The van der Waals surface area contributed by atoms with Crippen molar-refractivity contribution in [2.45, 2.75) is 6.42 Å². The van der Waals surface area contributed by atoms with Crippen molar-refractivity contribution in [2.75, 3.05) is 18.1 Å². The summed E-state index contributed by atoms with van der Waals surface area (Å²) in [5, 5.41) is 9.20. The highest BCUT2D eigenvalue weighted by molar-refractivity contribution is 9.10. The maximum absolute atomic E-state index is 14.9. The molecule has 0 aliphatic carbocycles. The van der Waals surface area contributed by atoms with Crippen molar-refractivity contribution in [3.8, 4) is 5.75 Å². The molecule has 1 aromatic carbocycles. The second-order valence-corrected chi connectivity index (χ2v) is 7.16. The Kier molecular flexibility index (Phi) is 3.71. The first kappa shape index (κ1) is 16.4. The molecule has 0 amide bonds. The molecule has 1 aliphatic rings. The van der Waals surface area contributed by atoms with Gasteiger partial charge in [-0.15, -0.1) is 5.10 Å². The van der Waals surface area contributed by atoms with Gasteiger partial charge >= 0.3 is 0 Å². The molecule has 4 heterocycles. The van der Waals surface area contributed by atoms with E-state index in [2.05, 4.69) is 36.2 Å². The molecule has 136 valence electrons. The summed E-state index contributed by atoms with van der Waals surface area (Å²) >= 11 is 3.54. The van der Waals surface area contributed by atoms with E-state index in [-0.39, 0.29) is 0 Å². The molecule has 3 aromatic heterocycles. The van der Waals surface area contributed by atoms with Crippen molar-refractivity contribution in [1.29, 1.82) is 0 Å². The topological polar surface area (TPSA) is 69.0 Å². The van der Waals surface area contributed by atoms with Crippen LogP contribution in [0.25, 0.3) is 21.9 Å². The van der Waals surface area contributed by atoms with Crippen LogP contribution in [0, 0.1) is 5.82 Å². The van der Waals surface area contributed by atoms with Crippen LogP contribution in [-0.2, 0) is 7.05 Å². The number of nitrogens with zero attached hydrogens (tertiary/aromatic N) is 6. The van der Waals surface area contributed by atoms with E-state index < -0.39 is 5.82 Å². The maximum atomic E-state index is 14.9. The van der Waals surface area contributed by atoms with Gasteiger partial charge in [0, 0.05) is 25.2 Å². The van der Waals surface area contributed by atoms with Crippen molar-refractivity contribution in [1.82, 2.24) is 25.0 Å². The molecular formula is C18H14BrFN6O. The summed E-state index contributed by atoms with van der Waals surface area (Å²) in [6.07, 6.45) is 3.61. The number of halogens is 2. The number of aryl methyl sites for hydroxylation is 1. The summed E-state index contributed by atoms with van der Waals surface area (Å²) in [4.78, 5) is 10.7. The number of para-hydroxylation sites is 1. The van der Waals surface area contributed by atoms with Gasteiger partial charge in [0.25, 0.3) is 0 Å². The molecule has 1 aliphatic heterocycles. The van der Waals surface area contributed by atoms with Crippen LogP contribution < -0.4 is 9.64 Å². The summed E-state index contributed by atoms with van der Waals surface area (Å²) in [5.41, 5.74) is 1.94. The first-order valence-corrected chi connectivity index (χ1v) is 9.26. The highest BCUT2D eigenvalue weighted by Gasteiger charge is 2.26. The zero-order chi connectivity index (χ0) is 18.5. The lowest BCUT2D eigenvalue weighted by Gasteiger charge is -2.24. The summed E-state index contributed by atoms with van der Waals surface area (Å²) < 4.78 is 23.3. The van der Waals surface area contributed by atoms with Gasteiger partial charge in [0.05, 0.1) is 28.4 Å². The number of hydrogen-bond acceptors (Lipinski definition) is 6. The van der Waals surface area contributed by atoms with Gasteiger partial charge in [-0.2, -0.15) is 0 Å². The van der Waals surface area contributed by atoms with Crippen molar-refractivity contribution in [3.63, 3.8) is 0 Å². The lowest BCUT2D eigenvalue weighted by Crippen LogP contribution is -2.20. The van der Waals surface area contributed by atoms with Gasteiger partial charge in [0.2, 0.25) is 5.65 Å². The Morgan fingerprint density at radius 3 is 3.04 bits per heavy atom. The molecule has 0 atom stereocenters. The molecule has 9 heteroatoms. The predicted octanol–water partition coefficient (Wildman–Crippen LogP) is 3.73. The van der Waals surface area contributed by atoms with E-state index in [1.165, 1.54) is 6.20 Å². The van der Waals surface area contributed by atoms with Crippen LogP contribution in [0.5, 0.6) is 5.75 Å². The van der Waals surface area contributed by atoms with Crippen LogP contribution in [0.2, 0.25) is 0 Å². The summed E-state index contributed by atoms with van der Waals surface area (Å²) in [7, 11) is 1.76. The Morgan fingerprint density at radius 1 is 1.26 bits per heavy atom. The molecule has 27 heavy (non-hydrogen) atoms. The molecule has 0 spiro atoms. The van der Waals surface area contributed by atoms with Crippen molar-refractivity contribution >= 4 is 49.4 Å². The molecule has 0 radical (unpaired) electrons. The van der Waals surface area contributed by atoms with Crippen LogP contribution in [0.15, 0.2) is 35.1 Å². The first-order chi connectivity index (χ1) is 13.1. The van der Waals surface area contributed by atoms with Crippen LogP contribution in [0.4, 0.5) is 15.9 Å². The smallest absolute Gasteiger partial charge is 0.204 e. The van der Waals surface area contributed by atoms with Crippen molar-refractivity contribution in [2.24, 2.45) is 7.05 Å². The van der Waals surface area contributed by atoms with E-state index >= 15 is 0 Å². The standard InChI is InChI=1S/C18H14BrFN6O/c1-25-15-10-8-21-9-12(20)14(10)18(22-17(15)23-24-25)26-6-3-7-27-16-11(19)4-2-5-13(16)26/h2,4-5,8-9H,3,6-7H2,1H3. The quantitative estimate of drug-likeness (QED) is 0.459. The van der Waals surface area contributed by atoms with Gasteiger partial charge in [0.15, 0.2) is 11.6 Å². The largest absolute Gasteiger partial charge is 0.490 e. The predicted molar refractivity (Wildman–Crippen MR) is 103 cm³/mol. The van der Waals surface area contributed by atoms with Crippen LogP contribution in [0.1, 0.15) is 6.42 Å². The van der Waals surface area contributed by atoms with Crippen molar-refractivity contribution in [3.05, 3.63) is 40.9 Å². The number of aromatic nitrogens is 5. The molecule has 0 saturated heterocycles. The van der Waals surface area contributed by atoms with Crippen LogP contribution >= 0.6 is 15.9 Å². The van der Waals surface area contributed by atoms with Gasteiger partial charge in [-0.1, -0.05) is 11.3 Å². The monoisotopic (exact) mass is 428 g/mol. The van der Waals surface area contributed by atoms with E-state index in [1.54, 1.807) is 17.9 Å². The Labute approximate surface area is 161 Å². The van der Waals surface area contributed by atoms with Gasteiger partial charge in [-0.25, -0.2) is 14.1 Å². The van der Waals surface area contributed by atoms with Crippen LogP contribution in [0.3, 0.4) is 0 Å². The highest BCUT2D eigenvalue weighted by atomic mass is 79.9. The van der Waals surface area contributed by atoms with E-state index in [4.69, 9.17) is 4.74 Å². The van der Waals surface area contributed by atoms with Crippen LogP contribution in [-0.4, -0.2) is 38.1 Å². The fourth-order valence-corrected chi connectivity index (χ4v) is 3.97. The summed E-state index contributed by atoms with van der Waals surface area (Å²) in [5.74, 6) is 0.779. The third kappa shape index (κ3) is 2.45. The second kappa shape index (κ2) is 6.12. The van der Waals surface area contributed by atoms with Gasteiger partial charge in [0.1, 0.15) is 11.3 Å². The van der Waals surface area contributed by atoms with E-state index in [9.17, 15) is 4.39 Å². The minimum Gasteiger partial charge on any atom is -0.490 e. The number of ether oxygens (including phenoxy) is 1. The fraction of sp³-hybridized carbons (Fsp3) is 0.222. The van der Waals surface area contributed by atoms with E-state index in [1.807, 2.05) is 23.1 Å². The fourth-order valence-electron chi connectivity index (χ4n) is 3.50. The lowest BCUT2D eigenvalue weighted by atomic mass is 10.1. The molecule has 0 saturated carbocycles. The Balaban J connectivity index is 1.87. The number of pyridine rings is 2. The van der Waals surface area contributed by atoms with Gasteiger partial charge in [-0.3, -0.25) is 4.98 Å². The zero-order valence-corrected chi connectivity index (χ0v) is 15.9. The Bertz CT molecular complexity index is 1190. The SMILES string of the molecule is Cn1nnc2nc(N3CCCOc4c(Br)cccc43)c3c(F)cncc3c21. The molecule has 7 nitrogen and oxygen atoms in total. The number of fused-ring (bicyclic) bond motifs is 4. The molecule has 0 fully saturated rings. The third-order valence-electron chi connectivity index (χ3n) is 4.66. The zero-order valence-electron chi connectivity index (χ0n) is 14.4. The second-order valence-electron chi connectivity index (χ2n) is 6.31. The minimum atomic E-state index is -0.431. The summed E-state index contributed by atoms with van der Waals surface area (Å²) in [6.45, 7) is 1.21. The average molecular weight is 429 g/mol. The number of hydrogen-bond donors (Lipinski definition) is 0. The number of benzene rings is 1. The molecule has 0 N–H and O–H groups in total. The molecule has 0 unspecified atom stereocenters. The summed E-state index contributed by atoms with van der Waals surface area (Å²) in [6, 6.07) is 5.79. The molecular weight excluding hydrogens is 415 g/mol. The maximum Gasteiger partial charge on any atom is 0.204 e. The van der Waals surface area contributed by atoms with E-state index in [0.29, 0.717) is 40.9 Å². The number of anilines is 2. The highest BCUT2D eigenvalue weighted by Crippen LogP contribution is 2.43. The molecule has 0 bridgehead atoms. The first-order valence-electron chi connectivity index (χ1n) is 8.46. The molecule has 5 rings (SSSR count). The third-order valence-corrected chi connectivity index (χ3v) is 5.29. The minimum absolute atomic E-state index is 0.399. The normalized spacial score (nSPS) is 14.3. The van der Waals surface area contributed by atoms with Gasteiger partial charge < -0.3 is 9.64 Å². The Morgan fingerprint density at radius 2 is 2.15 bits per heavy atom. The number of rotatable bonds is 1. The van der Waals surface area contributed by atoms with Crippen molar-refractivity contribution < 1.29 is 9.13 Å². The van der Waals surface area contributed by atoms with E-state index in [0.717, 1.165) is 22.3 Å². The molecule has 4 aromatic rings. The average Bonchev–Trinajstić information content (AvgIpc) is 2.90. The van der Waals surface area contributed by atoms with Gasteiger partial charge in [-0.05, 0) is 34.5 Å². The lowest BCUT2D eigenvalue weighted by molar-refractivity contribution is 0.321.